The van der Waals surface area contributed by atoms with E-state index in [1.807, 2.05) is 0 Å². The molecule has 0 radical (unpaired) electrons. The number of unbranched alkanes of at least 4 members (excludes halogenated alkanes) is 1. The van der Waals surface area contributed by atoms with Gasteiger partial charge in [0.05, 0.1) is 0 Å². The van der Waals surface area contributed by atoms with Crippen molar-refractivity contribution in [3.63, 3.8) is 0 Å². The van der Waals surface area contributed by atoms with E-state index in [0.717, 1.165) is 29.8 Å². The molecule has 1 amide bonds. The zero-order valence-corrected chi connectivity index (χ0v) is 12.3. The minimum Gasteiger partial charge on any atom is -0.296 e. The van der Waals surface area contributed by atoms with Crippen LogP contribution in [0.2, 0.25) is 0 Å². The molecule has 1 N–H and O–H groups in total. The van der Waals surface area contributed by atoms with Crippen molar-refractivity contribution in [2.45, 2.75) is 33.1 Å². The molecule has 6 heteroatoms. The van der Waals surface area contributed by atoms with Gasteiger partial charge >= 0.3 is 0 Å². The maximum Gasteiger partial charge on any atom is 0.257 e. The third-order valence-corrected chi connectivity index (χ3v) is 3.77. The van der Waals surface area contributed by atoms with Crippen molar-refractivity contribution in [1.82, 2.24) is 10.2 Å². The Bertz CT molecular complexity index is 612. The van der Waals surface area contributed by atoms with Crippen LogP contribution < -0.4 is 5.32 Å². The van der Waals surface area contributed by atoms with E-state index in [1.54, 1.807) is 13.0 Å². The van der Waals surface area contributed by atoms with Crippen LogP contribution in [0.1, 0.15) is 40.7 Å². The van der Waals surface area contributed by atoms with Crippen LogP contribution in [0.4, 0.5) is 9.52 Å². The van der Waals surface area contributed by atoms with E-state index in [1.165, 1.54) is 23.5 Å². The number of benzene rings is 1. The summed E-state index contributed by atoms with van der Waals surface area (Å²) in [5.41, 5.74) is 1.04. The van der Waals surface area contributed by atoms with Gasteiger partial charge in [0.15, 0.2) is 0 Å². The first-order valence-corrected chi connectivity index (χ1v) is 7.31. The van der Waals surface area contributed by atoms with E-state index in [2.05, 4.69) is 22.4 Å². The van der Waals surface area contributed by atoms with E-state index >= 15 is 0 Å². The van der Waals surface area contributed by atoms with E-state index in [4.69, 9.17) is 0 Å². The molecule has 4 nitrogen and oxygen atoms in total. The van der Waals surface area contributed by atoms with Crippen molar-refractivity contribution in [3.05, 3.63) is 40.2 Å². The van der Waals surface area contributed by atoms with Crippen molar-refractivity contribution in [1.29, 1.82) is 0 Å². The van der Waals surface area contributed by atoms with Gasteiger partial charge in [0.2, 0.25) is 5.13 Å². The summed E-state index contributed by atoms with van der Waals surface area (Å²) in [5, 5.41) is 12.0. The normalized spacial score (nSPS) is 10.6. The summed E-state index contributed by atoms with van der Waals surface area (Å²) in [4.78, 5) is 12.1. The Balaban J connectivity index is 2.07. The SMILES string of the molecule is CCCCc1nnc(NC(=O)c2cc(F)ccc2C)s1. The smallest absolute Gasteiger partial charge is 0.257 e. The number of carbonyl (C=O) groups excluding carboxylic acids is 1. The van der Waals surface area contributed by atoms with Gasteiger partial charge in [0, 0.05) is 12.0 Å². The lowest BCUT2D eigenvalue weighted by Crippen LogP contribution is -2.13. The number of nitrogens with one attached hydrogen (secondary N) is 1. The number of rotatable bonds is 5. The number of carbonyl (C=O) groups is 1. The van der Waals surface area contributed by atoms with Crippen LogP contribution in [0.5, 0.6) is 0 Å². The zero-order valence-electron chi connectivity index (χ0n) is 11.4. The van der Waals surface area contributed by atoms with Crippen LogP contribution >= 0.6 is 11.3 Å². The second-order valence-corrected chi connectivity index (χ2v) is 5.58. The summed E-state index contributed by atoms with van der Waals surface area (Å²) in [6.45, 7) is 3.87. The van der Waals surface area contributed by atoms with E-state index < -0.39 is 5.82 Å². The molecule has 0 fully saturated rings. The topological polar surface area (TPSA) is 54.9 Å². The summed E-state index contributed by atoms with van der Waals surface area (Å²) in [5.74, 6) is -0.790. The Morgan fingerprint density at radius 3 is 2.95 bits per heavy atom. The van der Waals surface area contributed by atoms with Crippen molar-refractivity contribution in [2.24, 2.45) is 0 Å². The predicted octanol–water partition coefficient (Wildman–Crippen LogP) is 3.58. The van der Waals surface area contributed by atoms with Crippen LogP contribution in [0.25, 0.3) is 0 Å². The number of amides is 1. The van der Waals surface area contributed by atoms with Gasteiger partial charge in [-0.3, -0.25) is 10.1 Å². The predicted molar refractivity (Wildman–Crippen MR) is 77.6 cm³/mol. The molecule has 1 aromatic heterocycles. The molecule has 0 unspecified atom stereocenters. The standard InChI is InChI=1S/C14H16FN3OS/c1-3-4-5-12-17-18-14(20-12)16-13(19)11-8-10(15)7-6-9(11)2/h6-8H,3-5H2,1-2H3,(H,16,18,19). The van der Waals surface area contributed by atoms with Gasteiger partial charge in [-0.25, -0.2) is 4.39 Å². The van der Waals surface area contributed by atoms with E-state index in [0.29, 0.717) is 10.7 Å². The van der Waals surface area contributed by atoms with Gasteiger partial charge in [-0.2, -0.15) is 0 Å². The van der Waals surface area contributed by atoms with Gasteiger partial charge in [-0.05, 0) is 31.0 Å². The van der Waals surface area contributed by atoms with Gasteiger partial charge in [-0.1, -0.05) is 30.7 Å². The number of nitrogens with zero attached hydrogens (tertiary/aromatic N) is 2. The fourth-order valence-corrected chi connectivity index (χ4v) is 2.51. The number of halogens is 1. The molecule has 0 atom stereocenters. The largest absolute Gasteiger partial charge is 0.296 e. The number of hydrogen-bond donors (Lipinski definition) is 1. The maximum absolute atomic E-state index is 13.2. The lowest BCUT2D eigenvalue weighted by molar-refractivity contribution is 0.102. The van der Waals surface area contributed by atoms with Crippen LogP contribution in [-0.4, -0.2) is 16.1 Å². The molecular formula is C14H16FN3OS. The minimum absolute atomic E-state index is 0.315. The molecule has 2 rings (SSSR count). The molecule has 0 aliphatic rings. The summed E-state index contributed by atoms with van der Waals surface area (Å²) >= 11 is 1.36. The quantitative estimate of drug-likeness (QED) is 0.916. The highest BCUT2D eigenvalue weighted by Gasteiger charge is 2.13. The number of aryl methyl sites for hydroxylation is 2. The molecular weight excluding hydrogens is 277 g/mol. The van der Waals surface area contributed by atoms with Gasteiger partial charge in [-0.15, -0.1) is 10.2 Å². The molecule has 0 aliphatic carbocycles. The van der Waals surface area contributed by atoms with Crippen LogP contribution in [0, 0.1) is 12.7 Å². The zero-order chi connectivity index (χ0) is 14.5. The molecule has 0 aliphatic heterocycles. The Labute approximate surface area is 121 Å². The number of hydrogen-bond acceptors (Lipinski definition) is 4. The summed E-state index contributed by atoms with van der Waals surface area (Å²) in [7, 11) is 0. The molecule has 1 aromatic carbocycles. The van der Waals surface area contributed by atoms with Crippen molar-refractivity contribution in [3.8, 4) is 0 Å². The Hall–Kier alpha value is -1.82. The molecule has 106 valence electrons. The average Bonchev–Trinajstić information content (AvgIpc) is 2.86. The molecule has 20 heavy (non-hydrogen) atoms. The number of aromatic nitrogens is 2. The minimum atomic E-state index is -0.429. The summed E-state index contributed by atoms with van der Waals surface area (Å²) in [6.07, 6.45) is 3.00. The second-order valence-electron chi connectivity index (χ2n) is 4.52. The van der Waals surface area contributed by atoms with Crippen molar-refractivity contribution in [2.75, 3.05) is 5.32 Å². The lowest BCUT2D eigenvalue weighted by atomic mass is 10.1. The lowest BCUT2D eigenvalue weighted by Gasteiger charge is -2.04. The van der Waals surface area contributed by atoms with Gasteiger partial charge < -0.3 is 0 Å². The van der Waals surface area contributed by atoms with Crippen molar-refractivity contribution >= 4 is 22.4 Å². The molecule has 0 bridgehead atoms. The van der Waals surface area contributed by atoms with E-state index in [9.17, 15) is 9.18 Å². The highest BCUT2D eigenvalue weighted by Crippen LogP contribution is 2.19. The highest BCUT2D eigenvalue weighted by molar-refractivity contribution is 7.15. The highest BCUT2D eigenvalue weighted by atomic mass is 32.1. The molecule has 0 saturated carbocycles. The average molecular weight is 293 g/mol. The Morgan fingerprint density at radius 1 is 1.40 bits per heavy atom. The molecule has 0 spiro atoms. The third kappa shape index (κ3) is 3.60. The third-order valence-electron chi connectivity index (χ3n) is 2.88. The summed E-state index contributed by atoms with van der Waals surface area (Å²) in [6, 6.07) is 4.14. The summed E-state index contributed by atoms with van der Waals surface area (Å²) < 4.78 is 13.2. The Kier molecular flexibility index (Phi) is 4.79. The first kappa shape index (κ1) is 14.6. The second kappa shape index (κ2) is 6.56. The fraction of sp³-hybridized carbons (Fsp3) is 0.357. The first-order valence-electron chi connectivity index (χ1n) is 6.50. The van der Waals surface area contributed by atoms with Gasteiger partial charge in [0.1, 0.15) is 10.8 Å². The monoisotopic (exact) mass is 293 g/mol. The first-order chi connectivity index (χ1) is 9.60. The van der Waals surface area contributed by atoms with Crippen LogP contribution in [-0.2, 0) is 6.42 Å². The van der Waals surface area contributed by atoms with Crippen LogP contribution in [0.15, 0.2) is 18.2 Å². The van der Waals surface area contributed by atoms with Crippen molar-refractivity contribution < 1.29 is 9.18 Å². The van der Waals surface area contributed by atoms with Gasteiger partial charge in [0.25, 0.3) is 5.91 Å². The molecule has 1 heterocycles. The van der Waals surface area contributed by atoms with Crippen LogP contribution in [0.3, 0.4) is 0 Å². The maximum atomic E-state index is 13.2. The fourth-order valence-electron chi connectivity index (χ4n) is 1.74. The molecule has 2 aromatic rings. The number of anilines is 1. The Morgan fingerprint density at radius 2 is 2.20 bits per heavy atom. The molecule has 0 saturated heterocycles. The van der Waals surface area contributed by atoms with E-state index in [-0.39, 0.29) is 5.91 Å².